The molecule has 0 saturated carbocycles. The molecule has 122 valence electrons. The van der Waals surface area contributed by atoms with Gasteiger partial charge in [0.2, 0.25) is 10.0 Å². The highest BCUT2D eigenvalue weighted by atomic mass is 32.2. The molecule has 1 saturated heterocycles. The second-order valence-electron chi connectivity index (χ2n) is 5.17. The molecule has 1 aromatic rings. The second-order valence-corrected chi connectivity index (χ2v) is 7.21. The van der Waals surface area contributed by atoms with Crippen LogP contribution in [0.3, 0.4) is 0 Å². The number of hydrogen-bond donors (Lipinski definition) is 1. The molecule has 1 heterocycles. The standard InChI is InChI=1S/C13H20N4O4S/c1-15(10-11-16-8-6-14-7-9-16)22(20,21)13-4-2-12(3-5-13)17(18)19/h2-5,14H,6-11H2,1H3. The highest BCUT2D eigenvalue weighted by Crippen LogP contribution is 2.18. The maximum absolute atomic E-state index is 12.4. The van der Waals surface area contributed by atoms with Gasteiger partial charge < -0.3 is 5.32 Å². The van der Waals surface area contributed by atoms with Crippen LogP contribution in [0.5, 0.6) is 0 Å². The topological polar surface area (TPSA) is 95.8 Å². The van der Waals surface area contributed by atoms with Gasteiger partial charge in [-0.25, -0.2) is 8.42 Å². The van der Waals surface area contributed by atoms with E-state index in [1.807, 2.05) is 0 Å². The summed E-state index contributed by atoms with van der Waals surface area (Å²) in [5.74, 6) is 0. The molecule has 8 nitrogen and oxygen atoms in total. The number of nitro benzene ring substituents is 1. The van der Waals surface area contributed by atoms with E-state index in [4.69, 9.17) is 0 Å². The summed E-state index contributed by atoms with van der Waals surface area (Å²) >= 11 is 0. The van der Waals surface area contributed by atoms with E-state index in [9.17, 15) is 18.5 Å². The van der Waals surface area contributed by atoms with Crippen LogP contribution in [0.2, 0.25) is 0 Å². The van der Waals surface area contributed by atoms with Crippen LogP contribution in [0.1, 0.15) is 0 Å². The van der Waals surface area contributed by atoms with Gasteiger partial charge in [0.25, 0.3) is 5.69 Å². The van der Waals surface area contributed by atoms with Gasteiger partial charge in [-0.3, -0.25) is 15.0 Å². The first-order chi connectivity index (χ1) is 10.4. The van der Waals surface area contributed by atoms with Gasteiger partial charge in [-0.05, 0) is 12.1 Å². The van der Waals surface area contributed by atoms with Gasteiger partial charge in [-0.2, -0.15) is 4.31 Å². The molecule has 1 aliphatic heterocycles. The van der Waals surface area contributed by atoms with Gasteiger partial charge in [0.05, 0.1) is 9.82 Å². The quantitative estimate of drug-likeness (QED) is 0.589. The molecule has 1 aliphatic rings. The summed E-state index contributed by atoms with van der Waals surface area (Å²) in [5, 5.41) is 13.9. The van der Waals surface area contributed by atoms with Crippen molar-refractivity contribution in [3.8, 4) is 0 Å². The lowest BCUT2D eigenvalue weighted by atomic mass is 10.3. The molecule has 9 heteroatoms. The van der Waals surface area contributed by atoms with Gasteiger partial charge in [-0.15, -0.1) is 0 Å². The third kappa shape index (κ3) is 4.01. The lowest BCUT2D eigenvalue weighted by molar-refractivity contribution is -0.384. The maximum Gasteiger partial charge on any atom is 0.269 e. The summed E-state index contributed by atoms with van der Waals surface area (Å²) in [4.78, 5) is 12.3. The normalized spacial score (nSPS) is 16.8. The van der Waals surface area contributed by atoms with E-state index in [-0.39, 0.29) is 10.6 Å². The van der Waals surface area contributed by atoms with Crippen molar-refractivity contribution in [2.45, 2.75) is 4.90 Å². The zero-order chi connectivity index (χ0) is 16.2. The molecule has 0 bridgehead atoms. The predicted molar refractivity (Wildman–Crippen MR) is 82.2 cm³/mol. The van der Waals surface area contributed by atoms with E-state index in [0.717, 1.165) is 26.2 Å². The Kier molecular flexibility index (Phi) is 5.46. The van der Waals surface area contributed by atoms with Crippen LogP contribution in [-0.4, -0.2) is 68.9 Å². The highest BCUT2D eigenvalue weighted by molar-refractivity contribution is 7.89. The largest absolute Gasteiger partial charge is 0.314 e. The molecule has 22 heavy (non-hydrogen) atoms. The molecule has 0 amide bonds. The van der Waals surface area contributed by atoms with Gasteiger partial charge >= 0.3 is 0 Å². The van der Waals surface area contributed by atoms with Gasteiger partial charge in [0.15, 0.2) is 0 Å². The second kappa shape index (κ2) is 7.14. The van der Waals surface area contributed by atoms with E-state index in [0.29, 0.717) is 13.1 Å². The molecule has 0 atom stereocenters. The summed E-state index contributed by atoms with van der Waals surface area (Å²) in [7, 11) is -2.09. The van der Waals surface area contributed by atoms with Crippen LogP contribution in [-0.2, 0) is 10.0 Å². The third-order valence-electron chi connectivity index (χ3n) is 3.70. The molecule has 1 fully saturated rings. The van der Waals surface area contributed by atoms with Crippen molar-refractivity contribution in [2.75, 3.05) is 46.3 Å². The number of nitro groups is 1. The van der Waals surface area contributed by atoms with Crippen LogP contribution in [0, 0.1) is 10.1 Å². The summed E-state index contributed by atoms with van der Waals surface area (Å²) in [6.07, 6.45) is 0. The number of benzene rings is 1. The maximum atomic E-state index is 12.4. The summed E-state index contributed by atoms with van der Waals surface area (Å²) in [6, 6.07) is 4.96. The van der Waals surface area contributed by atoms with Crippen molar-refractivity contribution in [1.82, 2.24) is 14.5 Å². The molecule has 2 rings (SSSR count). The number of sulfonamides is 1. The number of rotatable bonds is 6. The smallest absolute Gasteiger partial charge is 0.269 e. The molecule has 0 unspecified atom stereocenters. The first-order valence-corrected chi connectivity index (χ1v) is 8.49. The van der Waals surface area contributed by atoms with Crippen LogP contribution in [0.25, 0.3) is 0 Å². The number of nitrogens with one attached hydrogen (secondary N) is 1. The molecular weight excluding hydrogens is 308 g/mol. The Bertz CT molecular complexity index is 611. The minimum absolute atomic E-state index is 0.0703. The van der Waals surface area contributed by atoms with Crippen molar-refractivity contribution in [2.24, 2.45) is 0 Å². The Hall–Kier alpha value is -1.55. The third-order valence-corrected chi connectivity index (χ3v) is 5.57. The Morgan fingerprint density at radius 1 is 1.27 bits per heavy atom. The lowest BCUT2D eigenvalue weighted by Gasteiger charge is -2.28. The molecule has 0 spiro atoms. The lowest BCUT2D eigenvalue weighted by Crippen LogP contribution is -2.46. The van der Waals surface area contributed by atoms with Gasteiger partial charge in [-0.1, -0.05) is 0 Å². The first kappa shape index (κ1) is 16.8. The van der Waals surface area contributed by atoms with E-state index in [1.54, 1.807) is 0 Å². The minimum Gasteiger partial charge on any atom is -0.314 e. The number of hydrogen-bond acceptors (Lipinski definition) is 6. The van der Waals surface area contributed by atoms with Gasteiger partial charge in [0, 0.05) is 58.4 Å². The van der Waals surface area contributed by atoms with Crippen molar-refractivity contribution in [3.05, 3.63) is 34.4 Å². The Balaban J connectivity index is 2.00. The van der Waals surface area contributed by atoms with Crippen LogP contribution in [0.4, 0.5) is 5.69 Å². The summed E-state index contributed by atoms with van der Waals surface area (Å²) in [5.41, 5.74) is -0.123. The molecule has 0 aromatic heterocycles. The van der Waals surface area contributed by atoms with Crippen LogP contribution < -0.4 is 5.32 Å². The Labute approximate surface area is 129 Å². The fourth-order valence-corrected chi connectivity index (χ4v) is 3.42. The zero-order valence-corrected chi connectivity index (χ0v) is 13.3. The molecule has 1 aromatic carbocycles. The van der Waals surface area contributed by atoms with Crippen LogP contribution >= 0.6 is 0 Å². The number of likely N-dealkylation sites (N-methyl/N-ethyl adjacent to an activating group) is 1. The molecule has 1 N–H and O–H groups in total. The molecule has 0 aliphatic carbocycles. The van der Waals surface area contributed by atoms with Crippen molar-refractivity contribution in [1.29, 1.82) is 0 Å². The minimum atomic E-state index is -3.61. The first-order valence-electron chi connectivity index (χ1n) is 7.05. The zero-order valence-electron chi connectivity index (χ0n) is 12.4. The molecule has 0 radical (unpaired) electrons. The van der Waals surface area contributed by atoms with Gasteiger partial charge in [0.1, 0.15) is 0 Å². The predicted octanol–water partition coefficient (Wildman–Crippen LogP) is 0.121. The number of piperazine rings is 1. The fourth-order valence-electron chi connectivity index (χ4n) is 2.26. The SMILES string of the molecule is CN(CCN1CCNCC1)S(=O)(=O)c1ccc([N+](=O)[O-])cc1. The van der Waals surface area contributed by atoms with E-state index in [2.05, 4.69) is 10.2 Å². The van der Waals surface area contributed by atoms with E-state index in [1.165, 1.54) is 35.6 Å². The fraction of sp³-hybridized carbons (Fsp3) is 0.538. The van der Waals surface area contributed by atoms with E-state index >= 15 is 0 Å². The highest BCUT2D eigenvalue weighted by Gasteiger charge is 2.22. The Morgan fingerprint density at radius 2 is 1.86 bits per heavy atom. The average Bonchev–Trinajstić information content (AvgIpc) is 2.53. The monoisotopic (exact) mass is 328 g/mol. The summed E-state index contributed by atoms with van der Waals surface area (Å²) in [6.45, 7) is 4.71. The van der Waals surface area contributed by atoms with E-state index < -0.39 is 14.9 Å². The average molecular weight is 328 g/mol. The Morgan fingerprint density at radius 3 is 2.41 bits per heavy atom. The summed E-state index contributed by atoms with van der Waals surface area (Å²) < 4.78 is 26.1. The van der Waals surface area contributed by atoms with Crippen molar-refractivity contribution < 1.29 is 13.3 Å². The van der Waals surface area contributed by atoms with Crippen LogP contribution in [0.15, 0.2) is 29.2 Å². The van der Waals surface area contributed by atoms with Crippen molar-refractivity contribution in [3.63, 3.8) is 0 Å². The molecular formula is C13H20N4O4S. The van der Waals surface area contributed by atoms with Crippen molar-refractivity contribution >= 4 is 15.7 Å². The number of non-ortho nitro benzene ring substituents is 1. The number of nitrogens with zero attached hydrogens (tertiary/aromatic N) is 3.